The van der Waals surface area contributed by atoms with Gasteiger partial charge < -0.3 is 0 Å². The third kappa shape index (κ3) is 2.06. The zero-order valence-corrected chi connectivity index (χ0v) is 8.72. The van der Waals surface area contributed by atoms with Crippen LogP contribution in [0.2, 0.25) is 0 Å². The van der Waals surface area contributed by atoms with Crippen molar-refractivity contribution in [3.8, 4) is 0 Å². The SMILES string of the molecule is O=S(=O)(C1C[CH]CCCC1)C1CC1. The summed E-state index contributed by atoms with van der Waals surface area (Å²) in [6.07, 6.45) is 9.07. The zero-order valence-electron chi connectivity index (χ0n) is 7.91. The number of hydrogen-bond acceptors (Lipinski definition) is 2. The Hall–Kier alpha value is -0.0500. The molecule has 0 aromatic carbocycles. The highest BCUT2D eigenvalue weighted by Crippen LogP contribution is 2.35. The molecule has 0 aromatic rings. The van der Waals surface area contributed by atoms with Crippen molar-refractivity contribution in [2.75, 3.05) is 0 Å². The first-order valence-electron chi connectivity index (χ1n) is 5.25. The van der Waals surface area contributed by atoms with Crippen LogP contribution in [0.5, 0.6) is 0 Å². The second-order valence-corrected chi connectivity index (χ2v) is 6.73. The number of rotatable bonds is 2. The van der Waals surface area contributed by atoms with Gasteiger partial charge in [0.05, 0.1) is 10.5 Å². The van der Waals surface area contributed by atoms with E-state index in [-0.39, 0.29) is 10.5 Å². The molecule has 1 radical (unpaired) electrons. The Morgan fingerprint density at radius 3 is 2.46 bits per heavy atom. The van der Waals surface area contributed by atoms with Crippen molar-refractivity contribution in [1.82, 2.24) is 0 Å². The first-order chi connectivity index (χ1) is 6.21. The standard InChI is InChI=1S/C10H17O2S/c11-13(12,10-7-8-10)9-5-3-1-2-4-6-9/h3,9-10H,1-2,4-8H2. The molecular formula is C10H17O2S. The van der Waals surface area contributed by atoms with Gasteiger partial charge in [0.2, 0.25) is 0 Å². The Morgan fingerprint density at radius 2 is 1.77 bits per heavy atom. The van der Waals surface area contributed by atoms with Crippen molar-refractivity contribution in [3.05, 3.63) is 6.42 Å². The minimum absolute atomic E-state index is 0.0315. The summed E-state index contributed by atoms with van der Waals surface area (Å²) in [6.45, 7) is 0. The Labute approximate surface area is 80.6 Å². The second-order valence-electron chi connectivity index (χ2n) is 4.22. The fraction of sp³-hybridized carbons (Fsp3) is 0.900. The summed E-state index contributed by atoms with van der Waals surface area (Å²) in [5, 5.41) is -0.00787. The van der Waals surface area contributed by atoms with Crippen LogP contribution in [0.25, 0.3) is 0 Å². The molecule has 75 valence electrons. The van der Waals surface area contributed by atoms with Gasteiger partial charge in [-0.15, -0.1) is 0 Å². The van der Waals surface area contributed by atoms with Crippen molar-refractivity contribution in [2.24, 2.45) is 0 Å². The molecule has 0 N–H and O–H groups in total. The van der Waals surface area contributed by atoms with Crippen molar-refractivity contribution in [1.29, 1.82) is 0 Å². The monoisotopic (exact) mass is 201 g/mol. The minimum atomic E-state index is -2.74. The van der Waals surface area contributed by atoms with E-state index in [1.807, 2.05) is 0 Å². The van der Waals surface area contributed by atoms with E-state index in [1.165, 1.54) is 6.42 Å². The lowest BCUT2D eigenvalue weighted by molar-refractivity contribution is 0.567. The highest BCUT2D eigenvalue weighted by molar-refractivity contribution is 7.92. The molecule has 1 unspecified atom stereocenters. The van der Waals surface area contributed by atoms with Gasteiger partial charge in [0, 0.05) is 0 Å². The van der Waals surface area contributed by atoms with Crippen molar-refractivity contribution >= 4 is 9.84 Å². The minimum Gasteiger partial charge on any atom is -0.228 e. The summed E-state index contributed by atoms with van der Waals surface area (Å²) >= 11 is 0. The lowest BCUT2D eigenvalue weighted by atomic mass is 10.2. The van der Waals surface area contributed by atoms with E-state index in [9.17, 15) is 8.42 Å². The van der Waals surface area contributed by atoms with Gasteiger partial charge in [-0.2, -0.15) is 0 Å². The average molecular weight is 201 g/mol. The maximum atomic E-state index is 11.9. The van der Waals surface area contributed by atoms with Gasteiger partial charge in [-0.1, -0.05) is 19.3 Å². The molecular weight excluding hydrogens is 184 g/mol. The predicted octanol–water partition coefficient (Wildman–Crippen LogP) is 2.10. The van der Waals surface area contributed by atoms with Crippen LogP contribution < -0.4 is 0 Å². The summed E-state index contributed by atoms with van der Waals surface area (Å²) in [5.41, 5.74) is 0. The van der Waals surface area contributed by atoms with Gasteiger partial charge in [0.25, 0.3) is 0 Å². The molecule has 0 aliphatic heterocycles. The molecule has 1 atom stereocenters. The van der Waals surface area contributed by atoms with Crippen LogP contribution in [0.4, 0.5) is 0 Å². The lowest BCUT2D eigenvalue weighted by Crippen LogP contribution is -2.24. The van der Waals surface area contributed by atoms with E-state index >= 15 is 0 Å². The summed E-state index contributed by atoms with van der Waals surface area (Å²) in [6, 6.07) is 0. The van der Waals surface area contributed by atoms with Gasteiger partial charge in [0.1, 0.15) is 0 Å². The van der Waals surface area contributed by atoms with Crippen LogP contribution in [0, 0.1) is 6.42 Å². The van der Waals surface area contributed by atoms with Crippen LogP contribution in [0.1, 0.15) is 44.9 Å². The van der Waals surface area contributed by atoms with Crippen LogP contribution in [-0.4, -0.2) is 18.9 Å². The third-order valence-corrected chi connectivity index (χ3v) is 5.83. The van der Waals surface area contributed by atoms with Gasteiger partial charge in [0.15, 0.2) is 9.84 Å². The van der Waals surface area contributed by atoms with Gasteiger partial charge in [-0.25, -0.2) is 8.42 Å². The van der Waals surface area contributed by atoms with E-state index in [0.717, 1.165) is 38.5 Å². The molecule has 2 aliphatic carbocycles. The highest BCUT2D eigenvalue weighted by atomic mass is 32.2. The molecule has 2 rings (SSSR count). The maximum Gasteiger partial charge on any atom is 0.156 e. The first-order valence-corrected chi connectivity index (χ1v) is 6.86. The summed E-state index contributed by atoms with van der Waals surface area (Å²) < 4.78 is 23.8. The Balaban J connectivity index is 2.04. The first kappa shape index (κ1) is 9.50. The molecule has 0 heterocycles. The fourth-order valence-corrected chi connectivity index (χ4v) is 4.29. The molecule has 0 saturated heterocycles. The third-order valence-electron chi connectivity index (χ3n) is 3.07. The average Bonchev–Trinajstić information content (AvgIpc) is 2.93. The Bertz CT molecular complexity index is 257. The molecule has 0 spiro atoms. The number of sulfone groups is 1. The summed E-state index contributed by atoms with van der Waals surface area (Å²) in [5.74, 6) is 0. The summed E-state index contributed by atoms with van der Waals surface area (Å²) in [4.78, 5) is 0. The van der Waals surface area contributed by atoms with Crippen molar-refractivity contribution in [2.45, 2.75) is 55.4 Å². The smallest absolute Gasteiger partial charge is 0.156 e. The van der Waals surface area contributed by atoms with E-state index in [0.29, 0.717) is 0 Å². The molecule has 2 saturated carbocycles. The second kappa shape index (κ2) is 3.60. The van der Waals surface area contributed by atoms with Crippen LogP contribution in [0.15, 0.2) is 0 Å². The van der Waals surface area contributed by atoms with E-state index < -0.39 is 9.84 Å². The molecule has 2 aliphatic rings. The van der Waals surface area contributed by atoms with Crippen LogP contribution in [0.3, 0.4) is 0 Å². The predicted molar refractivity (Wildman–Crippen MR) is 53.1 cm³/mol. The molecule has 2 fully saturated rings. The van der Waals surface area contributed by atoms with Gasteiger partial charge in [-0.05, 0) is 32.1 Å². The van der Waals surface area contributed by atoms with E-state index in [2.05, 4.69) is 6.42 Å². The fourth-order valence-electron chi connectivity index (χ4n) is 2.05. The van der Waals surface area contributed by atoms with Gasteiger partial charge >= 0.3 is 0 Å². The molecule has 13 heavy (non-hydrogen) atoms. The van der Waals surface area contributed by atoms with E-state index in [1.54, 1.807) is 0 Å². The quantitative estimate of drug-likeness (QED) is 0.641. The number of hydrogen-bond donors (Lipinski definition) is 0. The van der Waals surface area contributed by atoms with Crippen LogP contribution >= 0.6 is 0 Å². The molecule has 3 heteroatoms. The summed E-state index contributed by atoms with van der Waals surface area (Å²) in [7, 11) is -2.74. The largest absolute Gasteiger partial charge is 0.228 e. The maximum absolute atomic E-state index is 11.9. The molecule has 0 aromatic heterocycles. The van der Waals surface area contributed by atoms with Crippen molar-refractivity contribution < 1.29 is 8.42 Å². The molecule has 2 nitrogen and oxygen atoms in total. The van der Waals surface area contributed by atoms with Crippen molar-refractivity contribution in [3.63, 3.8) is 0 Å². The van der Waals surface area contributed by atoms with Gasteiger partial charge in [-0.3, -0.25) is 0 Å². The normalized spacial score (nSPS) is 27.1. The molecule has 0 amide bonds. The van der Waals surface area contributed by atoms with E-state index in [4.69, 9.17) is 0 Å². The van der Waals surface area contributed by atoms with Crippen LogP contribution in [-0.2, 0) is 9.84 Å². The molecule has 0 bridgehead atoms. The Morgan fingerprint density at radius 1 is 1.00 bits per heavy atom. The Kier molecular flexibility index (Phi) is 2.63. The zero-order chi connectivity index (χ0) is 9.31. The highest BCUT2D eigenvalue weighted by Gasteiger charge is 2.40. The topological polar surface area (TPSA) is 34.1 Å². The lowest BCUT2D eigenvalue weighted by Gasteiger charge is -2.13.